The van der Waals surface area contributed by atoms with E-state index in [0.29, 0.717) is 6.42 Å². The van der Waals surface area contributed by atoms with Crippen molar-refractivity contribution in [2.75, 3.05) is 5.32 Å². The summed E-state index contributed by atoms with van der Waals surface area (Å²) in [5.41, 5.74) is 0.858. The van der Waals surface area contributed by atoms with Crippen LogP contribution in [0, 0.1) is 23.7 Å². The maximum absolute atomic E-state index is 11.9. The fraction of sp³-hybridized carbons (Fsp3) is 0.385. The van der Waals surface area contributed by atoms with E-state index >= 15 is 0 Å². The van der Waals surface area contributed by atoms with E-state index in [2.05, 4.69) is 11.4 Å². The molecular formula is C13H16N2O. The lowest BCUT2D eigenvalue weighted by molar-refractivity contribution is -0.122. The van der Waals surface area contributed by atoms with E-state index in [1.807, 2.05) is 38.1 Å². The second-order valence-electron chi connectivity index (χ2n) is 4.12. The molecule has 0 bridgehead atoms. The van der Waals surface area contributed by atoms with Crippen molar-refractivity contribution in [2.24, 2.45) is 5.41 Å². The number of carbonyl (C=O) groups is 1. The van der Waals surface area contributed by atoms with E-state index in [-0.39, 0.29) is 5.91 Å². The summed E-state index contributed by atoms with van der Waals surface area (Å²) in [4.78, 5) is 11.9. The normalized spacial score (nSPS) is 13.6. The highest BCUT2D eigenvalue weighted by Gasteiger charge is 2.31. The predicted octanol–water partition coefficient (Wildman–Crippen LogP) is 2.87. The average molecular weight is 216 g/mol. The SMILES string of the molecule is CCC(C)(C#N)C(=O)Nc1cccc(C)c1. The van der Waals surface area contributed by atoms with Crippen LogP contribution < -0.4 is 5.32 Å². The fourth-order valence-corrected chi connectivity index (χ4v) is 1.28. The Kier molecular flexibility index (Phi) is 3.68. The molecule has 1 N–H and O–H groups in total. The van der Waals surface area contributed by atoms with Crippen molar-refractivity contribution in [2.45, 2.75) is 27.2 Å². The molecule has 84 valence electrons. The first kappa shape index (κ1) is 12.3. The van der Waals surface area contributed by atoms with Gasteiger partial charge in [-0.15, -0.1) is 0 Å². The molecule has 0 aromatic heterocycles. The summed E-state index contributed by atoms with van der Waals surface area (Å²) >= 11 is 0. The summed E-state index contributed by atoms with van der Waals surface area (Å²) in [5, 5.41) is 11.7. The molecule has 1 unspecified atom stereocenters. The zero-order chi connectivity index (χ0) is 12.2. The second kappa shape index (κ2) is 4.80. The standard InChI is InChI=1S/C13H16N2O/c1-4-13(3,9-14)12(16)15-11-7-5-6-10(2)8-11/h5-8H,4H2,1-3H3,(H,15,16). The van der Waals surface area contributed by atoms with Crippen LogP contribution in [0.15, 0.2) is 24.3 Å². The number of benzene rings is 1. The number of rotatable bonds is 3. The van der Waals surface area contributed by atoms with Gasteiger partial charge in [-0.05, 0) is 38.0 Å². The molecule has 1 amide bonds. The van der Waals surface area contributed by atoms with Crippen LogP contribution in [0.5, 0.6) is 0 Å². The first-order valence-corrected chi connectivity index (χ1v) is 5.31. The Balaban J connectivity index is 2.83. The Hall–Kier alpha value is -1.82. The van der Waals surface area contributed by atoms with Gasteiger partial charge in [0.25, 0.3) is 0 Å². The molecule has 0 saturated heterocycles. The zero-order valence-corrected chi connectivity index (χ0v) is 9.87. The predicted molar refractivity (Wildman–Crippen MR) is 63.8 cm³/mol. The van der Waals surface area contributed by atoms with Crippen molar-refractivity contribution < 1.29 is 4.79 Å². The molecule has 1 atom stereocenters. The third-order valence-electron chi connectivity index (χ3n) is 2.73. The van der Waals surface area contributed by atoms with E-state index in [9.17, 15) is 4.79 Å². The molecule has 1 rings (SSSR count). The lowest BCUT2D eigenvalue weighted by Crippen LogP contribution is -2.31. The van der Waals surface area contributed by atoms with Gasteiger partial charge in [0.15, 0.2) is 0 Å². The van der Waals surface area contributed by atoms with E-state index in [4.69, 9.17) is 5.26 Å². The lowest BCUT2D eigenvalue weighted by atomic mass is 9.88. The molecule has 0 radical (unpaired) electrons. The van der Waals surface area contributed by atoms with E-state index in [0.717, 1.165) is 11.3 Å². The number of hydrogen-bond acceptors (Lipinski definition) is 2. The summed E-state index contributed by atoms with van der Waals surface area (Å²) in [6.07, 6.45) is 0.501. The number of nitriles is 1. The third kappa shape index (κ3) is 2.60. The number of nitrogens with zero attached hydrogens (tertiary/aromatic N) is 1. The highest BCUT2D eigenvalue weighted by Crippen LogP contribution is 2.22. The van der Waals surface area contributed by atoms with Gasteiger partial charge in [-0.1, -0.05) is 19.1 Å². The number of amides is 1. The van der Waals surface area contributed by atoms with Crippen LogP contribution in [0.1, 0.15) is 25.8 Å². The maximum Gasteiger partial charge on any atom is 0.244 e. The zero-order valence-electron chi connectivity index (χ0n) is 9.87. The minimum absolute atomic E-state index is 0.247. The molecule has 0 spiro atoms. The molecule has 1 aromatic rings. The van der Waals surface area contributed by atoms with E-state index < -0.39 is 5.41 Å². The van der Waals surface area contributed by atoms with Crippen LogP contribution in [0.25, 0.3) is 0 Å². The maximum atomic E-state index is 11.9. The van der Waals surface area contributed by atoms with Crippen LogP contribution in [-0.4, -0.2) is 5.91 Å². The monoisotopic (exact) mass is 216 g/mol. The lowest BCUT2D eigenvalue weighted by Gasteiger charge is -2.18. The largest absolute Gasteiger partial charge is 0.325 e. The van der Waals surface area contributed by atoms with Crippen LogP contribution in [0.4, 0.5) is 5.69 Å². The van der Waals surface area contributed by atoms with Gasteiger partial charge < -0.3 is 5.32 Å². The molecule has 0 aliphatic heterocycles. The van der Waals surface area contributed by atoms with Crippen molar-refractivity contribution >= 4 is 11.6 Å². The number of nitrogens with one attached hydrogen (secondary N) is 1. The summed E-state index contributed by atoms with van der Waals surface area (Å²) in [5.74, 6) is -0.247. The van der Waals surface area contributed by atoms with Crippen molar-refractivity contribution in [3.05, 3.63) is 29.8 Å². The smallest absolute Gasteiger partial charge is 0.244 e. The van der Waals surface area contributed by atoms with Gasteiger partial charge in [0.05, 0.1) is 6.07 Å². The van der Waals surface area contributed by atoms with Crippen molar-refractivity contribution in [3.8, 4) is 6.07 Å². The van der Waals surface area contributed by atoms with E-state index in [1.165, 1.54) is 0 Å². The first-order valence-electron chi connectivity index (χ1n) is 5.31. The molecule has 0 fully saturated rings. The topological polar surface area (TPSA) is 52.9 Å². The minimum Gasteiger partial charge on any atom is -0.325 e. The van der Waals surface area contributed by atoms with Gasteiger partial charge in [-0.2, -0.15) is 5.26 Å². The number of anilines is 1. The molecule has 0 aliphatic rings. The van der Waals surface area contributed by atoms with E-state index in [1.54, 1.807) is 6.92 Å². The van der Waals surface area contributed by atoms with Crippen molar-refractivity contribution in [1.29, 1.82) is 5.26 Å². The molecule has 16 heavy (non-hydrogen) atoms. The number of hydrogen-bond donors (Lipinski definition) is 1. The molecule has 0 aliphatic carbocycles. The summed E-state index contributed by atoms with van der Waals surface area (Å²) in [6, 6.07) is 9.58. The Labute approximate surface area is 96.1 Å². The van der Waals surface area contributed by atoms with Crippen LogP contribution in [0.2, 0.25) is 0 Å². The average Bonchev–Trinajstić information content (AvgIpc) is 2.28. The highest BCUT2D eigenvalue weighted by atomic mass is 16.2. The summed E-state index contributed by atoms with van der Waals surface area (Å²) in [7, 11) is 0. The van der Waals surface area contributed by atoms with Crippen LogP contribution >= 0.6 is 0 Å². The molecule has 1 aromatic carbocycles. The van der Waals surface area contributed by atoms with Gasteiger partial charge in [0.2, 0.25) is 5.91 Å². The Bertz CT molecular complexity index is 434. The highest BCUT2D eigenvalue weighted by molar-refractivity contribution is 5.96. The quantitative estimate of drug-likeness (QED) is 0.844. The van der Waals surface area contributed by atoms with Gasteiger partial charge in [0, 0.05) is 5.69 Å². The first-order chi connectivity index (χ1) is 7.51. The van der Waals surface area contributed by atoms with Gasteiger partial charge >= 0.3 is 0 Å². The second-order valence-corrected chi connectivity index (χ2v) is 4.12. The van der Waals surface area contributed by atoms with Gasteiger partial charge in [0.1, 0.15) is 5.41 Å². The Morgan fingerprint density at radius 1 is 1.56 bits per heavy atom. The van der Waals surface area contributed by atoms with Crippen LogP contribution in [0.3, 0.4) is 0 Å². The fourth-order valence-electron chi connectivity index (χ4n) is 1.28. The summed E-state index contributed by atoms with van der Waals surface area (Å²) < 4.78 is 0. The molecule has 3 nitrogen and oxygen atoms in total. The van der Waals surface area contributed by atoms with Gasteiger partial charge in [-0.25, -0.2) is 0 Å². The number of carbonyl (C=O) groups excluding carboxylic acids is 1. The summed E-state index contributed by atoms with van der Waals surface area (Å²) in [6.45, 7) is 5.44. The molecule has 3 heteroatoms. The van der Waals surface area contributed by atoms with Crippen LogP contribution in [-0.2, 0) is 4.79 Å². The number of aryl methyl sites for hydroxylation is 1. The Morgan fingerprint density at radius 2 is 2.25 bits per heavy atom. The van der Waals surface area contributed by atoms with Crippen molar-refractivity contribution in [1.82, 2.24) is 0 Å². The third-order valence-corrected chi connectivity index (χ3v) is 2.73. The Morgan fingerprint density at radius 3 is 2.75 bits per heavy atom. The molecule has 0 saturated carbocycles. The molecular weight excluding hydrogens is 200 g/mol. The molecule has 0 heterocycles. The van der Waals surface area contributed by atoms with Crippen molar-refractivity contribution in [3.63, 3.8) is 0 Å². The minimum atomic E-state index is -0.955. The van der Waals surface area contributed by atoms with Gasteiger partial charge in [-0.3, -0.25) is 4.79 Å².